The molecule has 0 aliphatic carbocycles. The molecule has 1 aliphatic rings. The molecule has 0 radical (unpaired) electrons. The third kappa shape index (κ3) is 3.26. The lowest BCUT2D eigenvalue weighted by molar-refractivity contribution is -0.0440. The predicted octanol–water partition coefficient (Wildman–Crippen LogP) is 2.69. The molecular formula is C16H16N2O3. The maximum absolute atomic E-state index is 12.2. The standard InChI is InChI=1S/C16H16N2O3/c1-11-7-13(10-17-9-11)15(19)18-14-4-2-3-12(8-14)16-20-5-6-21-16/h2-4,7-10,16H,5-6H2,1H3,(H,18,19). The molecule has 0 bridgehead atoms. The van der Waals surface area contributed by atoms with E-state index in [1.807, 2.05) is 31.2 Å². The third-order valence-corrected chi connectivity index (χ3v) is 3.18. The summed E-state index contributed by atoms with van der Waals surface area (Å²) < 4.78 is 10.9. The van der Waals surface area contributed by atoms with Gasteiger partial charge in [0.05, 0.1) is 18.8 Å². The second kappa shape index (κ2) is 6.03. The molecule has 1 aromatic heterocycles. The number of ether oxygens (including phenoxy) is 2. The van der Waals surface area contributed by atoms with Crippen LogP contribution in [0.3, 0.4) is 0 Å². The van der Waals surface area contributed by atoms with Crippen molar-refractivity contribution < 1.29 is 14.3 Å². The number of aryl methyl sites for hydroxylation is 1. The summed E-state index contributed by atoms with van der Waals surface area (Å²) >= 11 is 0. The zero-order chi connectivity index (χ0) is 14.7. The summed E-state index contributed by atoms with van der Waals surface area (Å²) in [5, 5.41) is 2.86. The monoisotopic (exact) mass is 284 g/mol. The van der Waals surface area contributed by atoms with Crippen LogP contribution in [-0.2, 0) is 9.47 Å². The Morgan fingerprint density at radius 3 is 2.81 bits per heavy atom. The van der Waals surface area contributed by atoms with Gasteiger partial charge < -0.3 is 14.8 Å². The number of amides is 1. The molecule has 0 atom stereocenters. The highest BCUT2D eigenvalue weighted by Crippen LogP contribution is 2.25. The smallest absolute Gasteiger partial charge is 0.257 e. The van der Waals surface area contributed by atoms with Crippen molar-refractivity contribution in [1.82, 2.24) is 4.98 Å². The normalized spacial score (nSPS) is 15.1. The maximum atomic E-state index is 12.2. The van der Waals surface area contributed by atoms with Gasteiger partial charge in [0.15, 0.2) is 6.29 Å². The van der Waals surface area contributed by atoms with Crippen LogP contribution in [0.15, 0.2) is 42.7 Å². The predicted molar refractivity (Wildman–Crippen MR) is 78.0 cm³/mol. The minimum absolute atomic E-state index is 0.184. The van der Waals surface area contributed by atoms with Crippen molar-refractivity contribution in [3.63, 3.8) is 0 Å². The van der Waals surface area contributed by atoms with Crippen molar-refractivity contribution in [3.05, 3.63) is 59.4 Å². The first kappa shape index (κ1) is 13.7. The van der Waals surface area contributed by atoms with Crippen molar-refractivity contribution >= 4 is 11.6 Å². The Hall–Kier alpha value is -2.24. The van der Waals surface area contributed by atoms with Crippen LogP contribution in [0, 0.1) is 6.92 Å². The number of hydrogen-bond acceptors (Lipinski definition) is 4. The van der Waals surface area contributed by atoms with Crippen LogP contribution in [0.25, 0.3) is 0 Å². The number of rotatable bonds is 3. The molecular weight excluding hydrogens is 268 g/mol. The minimum Gasteiger partial charge on any atom is -0.346 e. The van der Waals surface area contributed by atoms with Crippen LogP contribution in [-0.4, -0.2) is 24.1 Å². The Morgan fingerprint density at radius 1 is 1.24 bits per heavy atom. The SMILES string of the molecule is Cc1cncc(C(=O)Nc2cccc(C3OCCO3)c2)c1. The number of nitrogens with zero attached hydrogens (tertiary/aromatic N) is 1. The molecule has 5 nitrogen and oxygen atoms in total. The average molecular weight is 284 g/mol. The first-order valence-corrected chi connectivity index (χ1v) is 6.78. The molecule has 2 aromatic rings. The molecule has 3 rings (SSSR count). The molecule has 108 valence electrons. The molecule has 1 N–H and O–H groups in total. The number of benzene rings is 1. The van der Waals surface area contributed by atoms with Gasteiger partial charge in [0.1, 0.15) is 0 Å². The van der Waals surface area contributed by atoms with Crippen molar-refractivity contribution in [2.24, 2.45) is 0 Å². The molecule has 1 saturated heterocycles. The van der Waals surface area contributed by atoms with E-state index in [1.54, 1.807) is 18.5 Å². The average Bonchev–Trinajstić information content (AvgIpc) is 3.02. The highest BCUT2D eigenvalue weighted by molar-refractivity contribution is 6.04. The molecule has 1 aliphatic heterocycles. The number of anilines is 1. The summed E-state index contributed by atoms with van der Waals surface area (Å²) in [6.07, 6.45) is 2.92. The van der Waals surface area contributed by atoms with Gasteiger partial charge in [-0.15, -0.1) is 0 Å². The maximum Gasteiger partial charge on any atom is 0.257 e. The van der Waals surface area contributed by atoms with Crippen LogP contribution >= 0.6 is 0 Å². The quantitative estimate of drug-likeness (QED) is 0.941. The van der Waals surface area contributed by atoms with Crippen LogP contribution in [0.5, 0.6) is 0 Å². The Balaban J connectivity index is 1.75. The first-order valence-electron chi connectivity index (χ1n) is 6.78. The number of carbonyl (C=O) groups is 1. The molecule has 1 fully saturated rings. The fraction of sp³-hybridized carbons (Fsp3) is 0.250. The van der Waals surface area contributed by atoms with E-state index in [1.165, 1.54) is 0 Å². The topological polar surface area (TPSA) is 60.5 Å². The summed E-state index contributed by atoms with van der Waals surface area (Å²) in [6.45, 7) is 3.09. The van der Waals surface area contributed by atoms with Gasteiger partial charge in [-0.1, -0.05) is 12.1 Å². The highest BCUT2D eigenvalue weighted by Gasteiger charge is 2.18. The number of pyridine rings is 1. The number of carbonyl (C=O) groups excluding carboxylic acids is 1. The van der Waals surface area contributed by atoms with Crippen molar-refractivity contribution in [2.75, 3.05) is 18.5 Å². The van der Waals surface area contributed by atoms with Crippen molar-refractivity contribution in [1.29, 1.82) is 0 Å². The minimum atomic E-state index is -0.345. The molecule has 0 unspecified atom stereocenters. The van der Waals surface area contributed by atoms with Gasteiger partial charge in [-0.25, -0.2) is 0 Å². The van der Waals surface area contributed by atoms with E-state index in [9.17, 15) is 4.79 Å². The van der Waals surface area contributed by atoms with Crippen molar-refractivity contribution in [3.8, 4) is 0 Å². The number of aromatic nitrogens is 1. The first-order chi connectivity index (χ1) is 10.2. The van der Waals surface area contributed by atoms with Gasteiger partial charge in [0.2, 0.25) is 0 Å². The molecule has 5 heteroatoms. The van der Waals surface area contributed by atoms with Crippen LogP contribution < -0.4 is 5.32 Å². The van der Waals surface area contributed by atoms with Gasteiger partial charge in [-0.05, 0) is 30.7 Å². The lowest BCUT2D eigenvalue weighted by Crippen LogP contribution is -2.12. The zero-order valence-electron chi connectivity index (χ0n) is 11.7. The second-order valence-electron chi connectivity index (χ2n) is 4.90. The summed E-state index contributed by atoms with van der Waals surface area (Å²) in [6, 6.07) is 9.27. The summed E-state index contributed by atoms with van der Waals surface area (Å²) in [4.78, 5) is 16.2. The molecule has 0 saturated carbocycles. The van der Waals surface area contributed by atoms with Gasteiger partial charge in [0, 0.05) is 23.6 Å². The van der Waals surface area contributed by atoms with Crippen LogP contribution in [0.4, 0.5) is 5.69 Å². The van der Waals surface area contributed by atoms with E-state index in [4.69, 9.17) is 9.47 Å². The fourth-order valence-electron chi connectivity index (χ4n) is 2.20. The zero-order valence-corrected chi connectivity index (χ0v) is 11.7. The third-order valence-electron chi connectivity index (χ3n) is 3.18. The highest BCUT2D eigenvalue weighted by atomic mass is 16.7. The summed E-state index contributed by atoms with van der Waals surface area (Å²) in [5.41, 5.74) is 3.09. The Bertz CT molecular complexity index is 651. The van der Waals surface area contributed by atoms with Gasteiger partial charge in [0.25, 0.3) is 5.91 Å². The van der Waals surface area contributed by atoms with Crippen LogP contribution in [0.1, 0.15) is 27.8 Å². The largest absolute Gasteiger partial charge is 0.346 e. The summed E-state index contributed by atoms with van der Waals surface area (Å²) in [5.74, 6) is -0.184. The molecule has 0 spiro atoms. The lowest BCUT2D eigenvalue weighted by Gasteiger charge is -2.11. The number of nitrogens with one attached hydrogen (secondary N) is 1. The molecule has 1 amide bonds. The van der Waals surface area contributed by atoms with Gasteiger partial charge in [-0.2, -0.15) is 0 Å². The summed E-state index contributed by atoms with van der Waals surface area (Å²) in [7, 11) is 0. The Kier molecular flexibility index (Phi) is 3.94. The van der Waals surface area contributed by atoms with E-state index >= 15 is 0 Å². The van der Waals surface area contributed by atoms with Gasteiger partial charge in [-0.3, -0.25) is 9.78 Å². The van der Waals surface area contributed by atoms with E-state index in [0.717, 1.165) is 11.1 Å². The van der Waals surface area contributed by atoms with Crippen molar-refractivity contribution in [2.45, 2.75) is 13.2 Å². The van der Waals surface area contributed by atoms with E-state index in [-0.39, 0.29) is 12.2 Å². The van der Waals surface area contributed by atoms with Crippen LogP contribution in [0.2, 0.25) is 0 Å². The Labute approximate surface area is 122 Å². The van der Waals surface area contributed by atoms with E-state index in [0.29, 0.717) is 24.5 Å². The molecule has 1 aromatic carbocycles. The van der Waals surface area contributed by atoms with E-state index in [2.05, 4.69) is 10.3 Å². The lowest BCUT2D eigenvalue weighted by atomic mass is 10.1. The van der Waals surface area contributed by atoms with E-state index < -0.39 is 0 Å². The molecule has 2 heterocycles. The Morgan fingerprint density at radius 2 is 2.05 bits per heavy atom. The molecule has 21 heavy (non-hydrogen) atoms. The van der Waals surface area contributed by atoms with Gasteiger partial charge >= 0.3 is 0 Å². The second-order valence-corrected chi connectivity index (χ2v) is 4.90. The number of hydrogen-bond donors (Lipinski definition) is 1. The fourth-order valence-corrected chi connectivity index (χ4v) is 2.20.